The third kappa shape index (κ3) is 3.23. The minimum Gasteiger partial charge on any atom is -0.338 e. The molecular formula is C16H20ClN3O3. The van der Waals surface area contributed by atoms with Crippen LogP contribution in [-0.2, 0) is 4.79 Å². The standard InChI is InChI=1S/C16H19N3O3.ClH/c1-10-3-4-12-13(7-10)16(22)19(15(12)21)9-14(20)18-6-5-17-11(2)8-18;/h3-4,7,11,17H,5-6,8-9H2,1-2H3;1H. The number of nitrogens with zero attached hydrogens (tertiary/aromatic N) is 2. The molecular weight excluding hydrogens is 318 g/mol. The van der Waals surface area contributed by atoms with E-state index in [0.717, 1.165) is 17.0 Å². The van der Waals surface area contributed by atoms with E-state index >= 15 is 0 Å². The summed E-state index contributed by atoms with van der Waals surface area (Å²) in [4.78, 5) is 39.8. The lowest BCUT2D eigenvalue weighted by Crippen LogP contribution is -2.53. The molecule has 0 aliphatic carbocycles. The number of rotatable bonds is 2. The predicted octanol–water partition coefficient (Wildman–Crippen LogP) is 0.833. The second-order valence-electron chi connectivity index (χ2n) is 5.94. The van der Waals surface area contributed by atoms with Crippen LogP contribution in [0.2, 0.25) is 0 Å². The van der Waals surface area contributed by atoms with Gasteiger partial charge in [-0.15, -0.1) is 12.4 Å². The number of halogens is 1. The van der Waals surface area contributed by atoms with Gasteiger partial charge in [0.2, 0.25) is 5.91 Å². The van der Waals surface area contributed by atoms with E-state index in [2.05, 4.69) is 5.32 Å². The van der Waals surface area contributed by atoms with E-state index in [4.69, 9.17) is 0 Å². The maximum Gasteiger partial charge on any atom is 0.262 e. The molecule has 7 heteroatoms. The van der Waals surface area contributed by atoms with Gasteiger partial charge in [0.15, 0.2) is 0 Å². The molecule has 1 saturated heterocycles. The molecule has 2 aliphatic heterocycles. The lowest BCUT2D eigenvalue weighted by atomic mass is 10.1. The molecule has 0 aromatic heterocycles. The van der Waals surface area contributed by atoms with Gasteiger partial charge in [0, 0.05) is 25.7 Å². The van der Waals surface area contributed by atoms with E-state index in [9.17, 15) is 14.4 Å². The van der Waals surface area contributed by atoms with Crippen molar-refractivity contribution in [3.63, 3.8) is 0 Å². The minimum absolute atomic E-state index is 0. The van der Waals surface area contributed by atoms with Crippen molar-refractivity contribution in [1.29, 1.82) is 0 Å². The molecule has 2 heterocycles. The zero-order valence-corrected chi connectivity index (χ0v) is 14.0. The van der Waals surface area contributed by atoms with Gasteiger partial charge in [-0.25, -0.2) is 0 Å². The van der Waals surface area contributed by atoms with E-state index in [-0.39, 0.29) is 42.7 Å². The van der Waals surface area contributed by atoms with Gasteiger partial charge < -0.3 is 10.2 Å². The number of nitrogens with one attached hydrogen (secondary N) is 1. The van der Waals surface area contributed by atoms with Gasteiger partial charge in [0.05, 0.1) is 11.1 Å². The van der Waals surface area contributed by atoms with Crippen LogP contribution in [0.5, 0.6) is 0 Å². The first-order chi connectivity index (χ1) is 10.5. The summed E-state index contributed by atoms with van der Waals surface area (Å²) in [7, 11) is 0. The zero-order chi connectivity index (χ0) is 15.9. The molecule has 0 saturated carbocycles. The minimum atomic E-state index is -0.378. The summed E-state index contributed by atoms with van der Waals surface area (Å²) in [5.74, 6) is -0.934. The summed E-state index contributed by atoms with van der Waals surface area (Å²) in [5.41, 5.74) is 1.70. The highest BCUT2D eigenvalue weighted by atomic mass is 35.5. The van der Waals surface area contributed by atoms with E-state index in [1.54, 1.807) is 23.1 Å². The molecule has 2 aliphatic rings. The summed E-state index contributed by atoms with van der Waals surface area (Å²) in [6, 6.07) is 5.38. The molecule has 0 spiro atoms. The second kappa shape index (κ2) is 6.68. The van der Waals surface area contributed by atoms with Crippen LogP contribution < -0.4 is 5.32 Å². The zero-order valence-electron chi connectivity index (χ0n) is 13.2. The van der Waals surface area contributed by atoms with E-state index in [1.165, 1.54) is 0 Å². The third-order valence-corrected chi connectivity index (χ3v) is 4.14. The highest BCUT2D eigenvalue weighted by molar-refractivity contribution is 6.22. The van der Waals surface area contributed by atoms with Crippen LogP contribution in [-0.4, -0.2) is 59.7 Å². The highest BCUT2D eigenvalue weighted by Crippen LogP contribution is 2.23. The molecule has 1 unspecified atom stereocenters. The Labute approximate surface area is 141 Å². The molecule has 3 rings (SSSR count). The molecule has 1 aromatic carbocycles. The van der Waals surface area contributed by atoms with Gasteiger partial charge >= 0.3 is 0 Å². The maximum atomic E-state index is 12.4. The largest absolute Gasteiger partial charge is 0.338 e. The van der Waals surface area contributed by atoms with Crippen LogP contribution in [0.4, 0.5) is 0 Å². The van der Waals surface area contributed by atoms with Gasteiger partial charge in [-0.05, 0) is 26.0 Å². The molecule has 6 nitrogen and oxygen atoms in total. The molecule has 1 fully saturated rings. The van der Waals surface area contributed by atoms with E-state index in [0.29, 0.717) is 24.2 Å². The van der Waals surface area contributed by atoms with Crippen molar-refractivity contribution < 1.29 is 14.4 Å². The number of amides is 3. The fraction of sp³-hybridized carbons (Fsp3) is 0.438. The summed E-state index contributed by atoms with van der Waals surface area (Å²) in [6.07, 6.45) is 0. The Morgan fingerprint density at radius 2 is 1.96 bits per heavy atom. The van der Waals surface area contributed by atoms with Gasteiger partial charge in [-0.3, -0.25) is 19.3 Å². The number of hydrogen-bond donors (Lipinski definition) is 1. The topological polar surface area (TPSA) is 69.7 Å². The lowest BCUT2D eigenvalue weighted by molar-refractivity contribution is -0.132. The molecule has 124 valence electrons. The van der Waals surface area contributed by atoms with Crippen molar-refractivity contribution in [3.8, 4) is 0 Å². The first-order valence-corrected chi connectivity index (χ1v) is 7.45. The molecule has 1 N–H and O–H groups in total. The number of carbonyl (C=O) groups excluding carboxylic acids is 3. The number of imide groups is 1. The second-order valence-corrected chi connectivity index (χ2v) is 5.94. The van der Waals surface area contributed by atoms with Crippen molar-refractivity contribution in [1.82, 2.24) is 15.1 Å². The average molecular weight is 338 g/mol. The first kappa shape index (κ1) is 17.4. The van der Waals surface area contributed by atoms with Gasteiger partial charge in [0.1, 0.15) is 6.54 Å². The lowest BCUT2D eigenvalue weighted by Gasteiger charge is -2.32. The summed E-state index contributed by atoms with van der Waals surface area (Å²) in [5, 5.41) is 3.26. The van der Waals surface area contributed by atoms with Crippen molar-refractivity contribution in [2.24, 2.45) is 0 Å². The number of piperazine rings is 1. The molecule has 1 aromatic rings. The Hall–Kier alpha value is -1.92. The Morgan fingerprint density at radius 1 is 1.26 bits per heavy atom. The predicted molar refractivity (Wildman–Crippen MR) is 87.8 cm³/mol. The van der Waals surface area contributed by atoms with Crippen LogP contribution >= 0.6 is 12.4 Å². The number of carbonyl (C=O) groups is 3. The van der Waals surface area contributed by atoms with Crippen LogP contribution in [0, 0.1) is 6.92 Å². The van der Waals surface area contributed by atoms with Crippen LogP contribution in [0.25, 0.3) is 0 Å². The number of benzene rings is 1. The van der Waals surface area contributed by atoms with Crippen molar-refractivity contribution in [2.45, 2.75) is 19.9 Å². The van der Waals surface area contributed by atoms with Crippen molar-refractivity contribution >= 4 is 30.1 Å². The molecule has 1 atom stereocenters. The average Bonchev–Trinajstić information content (AvgIpc) is 2.72. The van der Waals surface area contributed by atoms with E-state index < -0.39 is 0 Å². The summed E-state index contributed by atoms with van der Waals surface area (Å²) >= 11 is 0. The Balaban J connectivity index is 0.00000192. The number of fused-ring (bicyclic) bond motifs is 1. The van der Waals surface area contributed by atoms with Crippen LogP contribution in [0.3, 0.4) is 0 Å². The Morgan fingerprint density at radius 3 is 2.65 bits per heavy atom. The number of aryl methyl sites for hydroxylation is 1. The summed E-state index contributed by atoms with van der Waals surface area (Å²) in [6.45, 7) is 5.62. The van der Waals surface area contributed by atoms with Crippen LogP contribution in [0.15, 0.2) is 18.2 Å². The molecule has 0 radical (unpaired) electrons. The van der Waals surface area contributed by atoms with Crippen molar-refractivity contribution in [3.05, 3.63) is 34.9 Å². The molecule has 23 heavy (non-hydrogen) atoms. The van der Waals surface area contributed by atoms with Crippen LogP contribution in [0.1, 0.15) is 33.2 Å². The van der Waals surface area contributed by atoms with Gasteiger partial charge in [-0.1, -0.05) is 11.6 Å². The SMILES string of the molecule is Cc1ccc2c(c1)C(=O)N(CC(=O)N1CCNC(C)C1)C2=O.Cl. The maximum absolute atomic E-state index is 12.4. The highest BCUT2D eigenvalue weighted by Gasteiger charge is 2.37. The van der Waals surface area contributed by atoms with E-state index in [1.807, 2.05) is 13.8 Å². The normalized spacial score (nSPS) is 20.3. The Bertz CT molecular complexity index is 662. The third-order valence-electron chi connectivity index (χ3n) is 4.14. The Kier molecular flexibility index (Phi) is 5.06. The smallest absolute Gasteiger partial charge is 0.262 e. The quantitative estimate of drug-likeness (QED) is 0.812. The van der Waals surface area contributed by atoms with Crippen molar-refractivity contribution in [2.75, 3.05) is 26.2 Å². The van der Waals surface area contributed by atoms with Gasteiger partial charge in [0.25, 0.3) is 11.8 Å². The summed E-state index contributed by atoms with van der Waals surface area (Å²) < 4.78 is 0. The van der Waals surface area contributed by atoms with Gasteiger partial charge in [-0.2, -0.15) is 0 Å². The molecule has 3 amide bonds. The fourth-order valence-corrected chi connectivity index (χ4v) is 2.94. The molecule has 0 bridgehead atoms. The number of hydrogen-bond acceptors (Lipinski definition) is 4. The fourth-order valence-electron chi connectivity index (χ4n) is 2.94. The first-order valence-electron chi connectivity index (χ1n) is 7.45. The monoisotopic (exact) mass is 337 g/mol.